The summed E-state index contributed by atoms with van der Waals surface area (Å²) >= 11 is 7.04. The van der Waals surface area contributed by atoms with Crippen molar-refractivity contribution in [1.82, 2.24) is 15.2 Å². The number of nitrogens with one attached hydrogen (secondary N) is 1. The molecule has 0 amide bonds. The van der Waals surface area contributed by atoms with Crippen molar-refractivity contribution in [2.45, 2.75) is 31.8 Å². The molecular weight excluding hydrogens is 398 g/mol. The molecule has 3 N–H and O–H groups in total. The lowest BCUT2D eigenvalue weighted by atomic mass is 9.99. The van der Waals surface area contributed by atoms with Gasteiger partial charge in [-0.15, -0.1) is 5.10 Å². The summed E-state index contributed by atoms with van der Waals surface area (Å²) in [6.45, 7) is 3.08. The topological polar surface area (TPSA) is 70.8 Å². The zero-order valence-electron chi connectivity index (χ0n) is 11.7. The molecule has 0 radical (unpaired) electrons. The van der Waals surface area contributed by atoms with Crippen LogP contribution >= 0.6 is 31.9 Å². The van der Waals surface area contributed by atoms with Gasteiger partial charge in [0.1, 0.15) is 0 Å². The Morgan fingerprint density at radius 1 is 1.38 bits per heavy atom. The van der Waals surface area contributed by atoms with E-state index in [-0.39, 0.29) is 12.1 Å². The minimum absolute atomic E-state index is 0.179. The predicted molar refractivity (Wildman–Crippen MR) is 91.2 cm³/mol. The van der Waals surface area contributed by atoms with E-state index in [0.717, 1.165) is 45.7 Å². The third-order valence-electron chi connectivity index (χ3n) is 3.96. The first-order chi connectivity index (χ1) is 10.1. The van der Waals surface area contributed by atoms with Crippen LogP contribution in [0.1, 0.15) is 19.8 Å². The van der Waals surface area contributed by atoms with E-state index in [4.69, 9.17) is 5.73 Å². The SMILES string of the molecule is CC1C(N)CCCN1c1n[nH]c(-c2cc(Br)ccc2Br)n1. The van der Waals surface area contributed by atoms with E-state index in [1.54, 1.807) is 0 Å². The highest BCUT2D eigenvalue weighted by Crippen LogP contribution is 2.30. The van der Waals surface area contributed by atoms with E-state index in [9.17, 15) is 0 Å². The lowest BCUT2D eigenvalue weighted by Gasteiger charge is -2.36. The second-order valence-corrected chi connectivity index (χ2v) is 7.12. The van der Waals surface area contributed by atoms with Crippen molar-refractivity contribution in [3.05, 3.63) is 27.1 Å². The lowest BCUT2D eigenvalue weighted by Crippen LogP contribution is -2.50. The fourth-order valence-corrected chi connectivity index (χ4v) is 3.43. The number of aromatic amines is 1. The van der Waals surface area contributed by atoms with Gasteiger partial charge in [0, 0.05) is 33.1 Å². The first-order valence-electron chi connectivity index (χ1n) is 6.96. The van der Waals surface area contributed by atoms with E-state index in [0.29, 0.717) is 0 Å². The third-order valence-corrected chi connectivity index (χ3v) is 5.15. The second-order valence-electron chi connectivity index (χ2n) is 5.35. The molecule has 21 heavy (non-hydrogen) atoms. The van der Waals surface area contributed by atoms with Gasteiger partial charge in [-0.2, -0.15) is 4.98 Å². The van der Waals surface area contributed by atoms with Crippen LogP contribution in [0.25, 0.3) is 11.4 Å². The van der Waals surface area contributed by atoms with Gasteiger partial charge in [0.25, 0.3) is 0 Å². The standard InChI is InChI=1S/C14H17Br2N5/c1-8-12(17)3-2-6-21(8)14-18-13(19-20-14)10-7-9(15)4-5-11(10)16/h4-5,7-8,12H,2-3,6,17H2,1H3,(H,18,19,20). The Hall–Kier alpha value is -0.920. The summed E-state index contributed by atoms with van der Waals surface area (Å²) in [4.78, 5) is 6.82. The van der Waals surface area contributed by atoms with Crippen LogP contribution < -0.4 is 10.6 Å². The number of piperidine rings is 1. The Kier molecular flexibility index (Phi) is 4.33. The van der Waals surface area contributed by atoms with Gasteiger partial charge in [0.15, 0.2) is 5.82 Å². The van der Waals surface area contributed by atoms with Crippen LogP contribution in [-0.4, -0.2) is 33.8 Å². The summed E-state index contributed by atoms with van der Waals surface area (Å²) in [6.07, 6.45) is 2.14. The largest absolute Gasteiger partial charge is 0.335 e. The molecule has 1 aliphatic rings. The van der Waals surface area contributed by atoms with Crippen LogP contribution in [0, 0.1) is 0 Å². The van der Waals surface area contributed by atoms with Crippen molar-refractivity contribution in [1.29, 1.82) is 0 Å². The Balaban J connectivity index is 1.91. The molecule has 1 aliphatic heterocycles. The lowest BCUT2D eigenvalue weighted by molar-refractivity contribution is 0.416. The number of benzene rings is 1. The normalized spacial score (nSPS) is 22.6. The molecule has 2 unspecified atom stereocenters. The first-order valence-corrected chi connectivity index (χ1v) is 8.55. The van der Waals surface area contributed by atoms with Gasteiger partial charge in [0.05, 0.1) is 0 Å². The molecule has 0 aliphatic carbocycles. The molecular formula is C14H17Br2N5. The van der Waals surface area contributed by atoms with E-state index in [1.165, 1.54) is 0 Å². The number of rotatable bonds is 2. The predicted octanol–water partition coefficient (Wildman–Crippen LogP) is 3.31. The van der Waals surface area contributed by atoms with Gasteiger partial charge in [-0.25, -0.2) is 0 Å². The highest BCUT2D eigenvalue weighted by molar-refractivity contribution is 9.11. The summed E-state index contributed by atoms with van der Waals surface area (Å²) in [5.41, 5.74) is 7.13. The van der Waals surface area contributed by atoms with Gasteiger partial charge in [-0.05, 0) is 38.0 Å². The number of nitrogens with two attached hydrogens (primary N) is 1. The van der Waals surface area contributed by atoms with Crippen LogP contribution in [0.15, 0.2) is 27.1 Å². The minimum atomic E-state index is 0.179. The van der Waals surface area contributed by atoms with Crippen molar-refractivity contribution < 1.29 is 0 Å². The molecule has 0 saturated carbocycles. The molecule has 2 aromatic rings. The molecule has 5 nitrogen and oxygen atoms in total. The highest BCUT2D eigenvalue weighted by atomic mass is 79.9. The van der Waals surface area contributed by atoms with Crippen LogP contribution in [0.4, 0.5) is 5.95 Å². The van der Waals surface area contributed by atoms with Crippen molar-refractivity contribution in [2.24, 2.45) is 5.73 Å². The third kappa shape index (κ3) is 3.00. The maximum Gasteiger partial charge on any atom is 0.245 e. The monoisotopic (exact) mass is 413 g/mol. The quantitative estimate of drug-likeness (QED) is 0.790. The molecule has 3 rings (SSSR count). The molecule has 1 fully saturated rings. The molecule has 1 aromatic heterocycles. The maximum absolute atomic E-state index is 6.15. The Labute approximate surface area is 140 Å². The molecule has 7 heteroatoms. The first kappa shape index (κ1) is 15.0. The van der Waals surface area contributed by atoms with Crippen LogP contribution in [0.5, 0.6) is 0 Å². The zero-order valence-corrected chi connectivity index (χ0v) is 14.9. The molecule has 1 aromatic carbocycles. The minimum Gasteiger partial charge on any atom is -0.335 e. The van der Waals surface area contributed by atoms with E-state index < -0.39 is 0 Å². The van der Waals surface area contributed by atoms with Crippen molar-refractivity contribution >= 4 is 37.8 Å². The number of anilines is 1. The average molecular weight is 415 g/mol. The molecule has 0 spiro atoms. The summed E-state index contributed by atoms with van der Waals surface area (Å²) < 4.78 is 1.99. The second kappa shape index (κ2) is 6.06. The van der Waals surface area contributed by atoms with Crippen LogP contribution in [0.2, 0.25) is 0 Å². The average Bonchev–Trinajstić information content (AvgIpc) is 2.94. The van der Waals surface area contributed by atoms with Crippen LogP contribution in [-0.2, 0) is 0 Å². The van der Waals surface area contributed by atoms with Gasteiger partial charge in [-0.3, -0.25) is 5.10 Å². The molecule has 112 valence electrons. The van der Waals surface area contributed by atoms with E-state index in [2.05, 4.69) is 58.9 Å². The Morgan fingerprint density at radius 2 is 2.19 bits per heavy atom. The van der Waals surface area contributed by atoms with Crippen LogP contribution in [0.3, 0.4) is 0 Å². The summed E-state index contributed by atoms with van der Waals surface area (Å²) in [5.74, 6) is 1.48. The van der Waals surface area contributed by atoms with E-state index in [1.807, 2.05) is 18.2 Å². The summed E-state index contributed by atoms with van der Waals surface area (Å²) in [5, 5.41) is 7.40. The van der Waals surface area contributed by atoms with Gasteiger partial charge in [-0.1, -0.05) is 31.9 Å². The fourth-order valence-electron chi connectivity index (χ4n) is 2.64. The summed E-state index contributed by atoms with van der Waals surface area (Å²) in [7, 11) is 0. The number of halogens is 2. The number of aromatic nitrogens is 3. The number of nitrogens with zero attached hydrogens (tertiary/aromatic N) is 3. The zero-order chi connectivity index (χ0) is 15.0. The smallest absolute Gasteiger partial charge is 0.245 e. The van der Waals surface area contributed by atoms with Gasteiger partial charge >= 0.3 is 0 Å². The molecule has 2 atom stereocenters. The van der Waals surface area contributed by atoms with Crippen molar-refractivity contribution in [3.8, 4) is 11.4 Å². The van der Waals surface area contributed by atoms with Gasteiger partial charge in [0.2, 0.25) is 5.95 Å². The molecule has 1 saturated heterocycles. The van der Waals surface area contributed by atoms with E-state index >= 15 is 0 Å². The summed E-state index contributed by atoms with van der Waals surface area (Å²) in [6, 6.07) is 6.42. The fraction of sp³-hybridized carbons (Fsp3) is 0.429. The maximum atomic E-state index is 6.15. The highest BCUT2D eigenvalue weighted by Gasteiger charge is 2.28. The van der Waals surface area contributed by atoms with Gasteiger partial charge < -0.3 is 10.6 Å². The molecule has 2 heterocycles. The van der Waals surface area contributed by atoms with Crippen molar-refractivity contribution in [2.75, 3.05) is 11.4 Å². The number of hydrogen-bond donors (Lipinski definition) is 2. The Morgan fingerprint density at radius 3 is 3.00 bits per heavy atom. The number of hydrogen-bond acceptors (Lipinski definition) is 4. The molecule has 0 bridgehead atoms. The van der Waals surface area contributed by atoms with Crippen molar-refractivity contribution in [3.63, 3.8) is 0 Å². The Bertz CT molecular complexity index is 642. The number of H-pyrrole nitrogens is 1.